The standard InChI is InChI=1S/C26H17ClFN3O4/c1-29-20-11-10-14(27)12-18(20)26(17-8-4-5-9-19(17)28)22(25(35)30(26)13-21(29)32)31-23(33)15-6-2-3-7-16(15)24(31)34/h2-12,22H,13H2,1H3/t22-,26+/m1/s1. The number of imide groups is 1. The van der Waals surface area contributed by atoms with Crippen molar-refractivity contribution in [2.24, 2.45) is 0 Å². The number of carbonyl (C=O) groups excluding carboxylic acids is 4. The second-order valence-electron chi connectivity index (χ2n) is 8.71. The number of fused-ring (bicyclic) bond motifs is 4. The number of anilines is 1. The number of carbonyl (C=O) groups is 4. The van der Waals surface area contributed by atoms with Gasteiger partial charge in [-0.15, -0.1) is 0 Å². The first kappa shape index (κ1) is 21.5. The van der Waals surface area contributed by atoms with E-state index >= 15 is 4.39 Å². The van der Waals surface area contributed by atoms with Crippen LogP contribution in [0.1, 0.15) is 31.8 Å². The van der Waals surface area contributed by atoms with Gasteiger partial charge in [-0.05, 0) is 36.4 Å². The van der Waals surface area contributed by atoms with E-state index in [9.17, 15) is 19.2 Å². The Morgan fingerprint density at radius 1 is 0.886 bits per heavy atom. The molecule has 0 spiro atoms. The lowest BCUT2D eigenvalue weighted by molar-refractivity contribution is -0.168. The number of amides is 4. The van der Waals surface area contributed by atoms with E-state index < -0.39 is 41.0 Å². The van der Waals surface area contributed by atoms with Crippen LogP contribution in [-0.2, 0) is 15.1 Å². The van der Waals surface area contributed by atoms with Gasteiger partial charge >= 0.3 is 0 Å². The van der Waals surface area contributed by atoms with Crippen molar-refractivity contribution in [1.82, 2.24) is 9.80 Å². The molecule has 174 valence electrons. The predicted octanol–water partition coefficient (Wildman–Crippen LogP) is 3.21. The molecule has 35 heavy (non-hydrogen) atoms. The van der Waals surface area contributed by atoms with Crippen LogP contribution >= 0.6 is 11.6 Å². The molecule has 3 aliphatic rings. The van der Waals surface area contributed by atoms with Gasteiger partial charge in [0.2, 0.25) is 5.91 Å². The fraction of sp³-hybridized carbons (Fsp3) is 0.154. The van der Waals surface area contributed by atoms with E-state index in [0.29, 0.717) is 16.3 Å². The molecule has 7 nitrogen and oxygen atoms in total. The van der Waals surface area contributed by atoms with Crippen molar-refractivity contribution in [3.8, 4) is 0 Å². The first-order chi connectivity index (χ1) is 16.8. The molecular formula is C26H17ClFN3O4. The highest BCUT2D eigenvalue weighted by atomic mass is 35.5. The summed E-state index contributed by atoms with van der Waals surface area (Å²) in [5.74, 6) is -2.97. The molecule has 6 rings (SSSR count). The molecule has 0 aromatic heterocycles. The smallest absolute Gasteiger partial charge is 0.262 e. The first-order valence-corrected chi connectivity index (χ1v) is 11.3. The summed E-state index contributed by atoms with van der Waals surface area (Å²) in [6, 6.07) is 15.5. The van der Waals surface area contributed by atoms with Crippen LogP contribution in [0, 0.1) is 5.82 Å². The van der Waals surface area contributed by atoms with Crippen LogP contribution in [0.2, 0.25) is 5.02 Å². The number of rotatable bonds is 2. The third-order valence-corrected chi connectivity index (χ3v) is 7.32. The quantitative estimate of drug-likeness (QED) is 0.409. The molecule has 3 aromatic rings. The fourth-order valence-corrected chi connectivity index (χ4v) is 5.68. The number of hydrogen-bond donors (Lipinski definition) is 0. The molecule has 1 fully saturated rings. The fourth-order valence-electron chi connectivity index (χ4n) is 5.51. The van der Waals surface area contributed by atoms with Gasteiger partial charge in [0.15, 0.2) is 6.04 Å². The van der Waals surface area contributed by atoms with Gasteiger partial charge in [-0.1, -0.05) is 41.9 Å². The molecule has 9 heteroatoms. The monoisotopic (exact) mass is 489 g/mol. The average molecular weight is 490 g/mol. The summed E-state index contributed by atoms with van der Waals surface area (Å²) in [5, 5.41) is 0.294. The van der Waals surface area contributed by atoms with E-state index in [0.717, 1.165) is 4.90 Å². The second kappa shape index (κ2) is 7.23. The van der Waals surface area contributed by atoms with Gasteiger partial charge in [-0.3, -0.25) is 24.1 Å². The molecule has 0 bridgehead atoms. The van der Waals surface area contributed by atoms with Crippen LogP contribution in [0.4, 0.5) is 10.1 Å². The first-order valence-electron chi connectivity index (χ1n) is 10.9. The molecule has 0 unspecified atom stereocenters. The van der Waals surface area contributed by atoms with Crippen molar-refractivity contribution in [3.05, 3.63) is 99.8 Å². The van der Waals surface area contributed by atoms with Crippen molar-refractivity contribution in [2.45, 2.75) is 11.6 Å². The van der Waals surface area contributed by atoms with Crippen molar-refractivity contribution >= 4 is 40.9 Å². The Kier molecular flexibility index (Phi) is 4.44. The molecule has 3 aliphatic heterocycles. The summed E-state index contributed by atoms with van der Waals surface area (Å²) in [7, 11) is 1.55. The molecule has 0 aliphatic carbocycles. The van der Waals surface area contributed by atoms with Crippen molar-refractivity contribution in [2.75, 3.05) is 18.5 Å². The second-order valence-corrected chi connectivity index (χ2v) is 9.15. The number of likely N-dealkylation sites (N-methyl/N-ethyl adjacent to an activating group) is 1. The maximum Gasteiger partial charge on any atom is 0.262 e. The number of halogens is 2. The van der Waals surface area contributed by atoms with Crippen molar-refractivity contribution in [1.29, 1.82) is 0 Å². The highest BCUT2D eigenvalue weighted by Crippen LogP contribution is 2.55. The van der Waals surface area contributed by atoms with Gasteiger partial charge in [0.05, 0.1) is 11.1 Å². The lowest BCUT2D eigenvalue weighted by Crippen LogP contribution is -2.78. The third-order valence-electron chi connectivity index (χ3n) is 7.09. The Labute approximate surface area is 204 Å². The maximum absolute atomic E-state index is 15.5. The van der Waals surface area contributed by atoms with Crippen LogP contribution in [0.25, 0.3) is 0 Å². The SMILES string of the molecule is CN1C(=O)CN2C(=O)[C@@H](N3C(=O)c4ccccc4C3=O)[C@]2(c2ccccc2F)c2cc(Cl)ccc21. The zero-order valence-electron chi connectivity index (χ0n) is 18.4. The van der Waals surface area contributed by atoms with Gasteiger partial charge in [0.1, 0.15) is 17.9 Å². The Morgan fingerprint density at radius 2 is 1.51 bits per heavy atom. The van der Waals surface area contributed by atoms with E-state index in [-0.39, 0.29) is 23.2 Å². The van der Waals surface area contributed by atoms with Gasteiger partial charge < -0.3 is 9.80 Å². The van der Waals surface area contributed by atoms with E-state index in [4.69, 9.17) is 11.6 Å². The van der Waals surface area contributed by atoms with Crippen LogP contribution in [-0.4, -0.2) is 53.1 Å². The summed E-state index contributed by atoms with van der Waals surface area (Å²) in [6.07, 6.45) is 0. The number of hydrogen-bond acceptors (Lipinski definition) is 4. The molecule has 1 saturated heterocycles. The normalized spacial score (nSPS) is 23.1. The van der Waals surface area contributed by atoms with Gasteiger partial charge in [0, 0.05) is 28.9 Å². The summed E-state index contributed by atoms with van der Waals surface area (Å²) >= 11 is 6.37. The third kappa shape index (κ3) is 2.60. The summed E-state index contributed by atoms with van der Waals surface area (Å²) in [4.78, 5) is 57.1. The minimum Gasteiger partial charge on any atom is -0.315 e. The summed E-state index contributed by atoms with van der Waals surface area (Å²) in [6.45, 7) is -0.365. The Morgan fingerprint density at radius 3 is 2.17 bits per heavy atom. The minimum atomic E-state index is -1.66. The molecule has 3 aromatic carbocycles. The zero-order valence-corrected chi connectivity index (χ0v) is 19.1. The zero-order chi connectivity index (χ0) is 24.6. The molecule has 4 amide bonds. The lowest BCUT2D eigenvalue weighted by atomic mass is 9.67. The predicted molar refractivity (Wildman–Crippen MR) is 124 cm³/mol. The number of β-lactam (4-membered cyclic amide) rings is 1. The van der Waals surface area contributed by atoms with Crippen LogP contribution in [0.15, 0.2) is 66.7 Å². The molecule has 0 N–H and O–H groups in total. The average Bonchev–Trinajstić information content (AvgIpc) is 3.06. The molecule has 0 saturated carbocycles. The Hall–Kier alpha value is -4.04. The Bertz CT molecular complexity index is 1460. The number of benzene rings is 3. The van der Waals surface area contributed by atoms with Gasteiger partial charge in [-0.25, -0.2) is 4.39 Å². The number of nitrogens with zero attached hydrogens (tertiary/aromatic N) is 3. The van der Waals surface area contributed by atoms with Crippen LogP contribution in [0.5, 0.6) is 0 Å². The van der Waals surface area contributed by atoms with E-state index in [1.54, 1.807) is 43.4 Å². The van der Waals surface area contributed by atoms with Crippen molar-refractivity contribution < 1.29 is 23.6 Å². The minimum absolute atomic E-state index is 0.0628. The van der Waals surface area contributed by atoms with Gasteiger partial charge in [0.25, 0.3) is 17.7 Å². The van der Waals surface area contributed by atoms with E-state index in [2.05, 4.69) is 0 Å². The highest BCUT2D eigenvalue weighted by Gasteiger charge is 2.70. The molecule has 2 atom stereocenters. The molecule has 3 heterocycles. The van der Waals surface area contributed by atoms with Crippen LogP contribution < -0.4 is 4.90 Å². The highest BCUT2D eigenvalue weighted by molar-refractivity contribution is 6.31. The summed E-state index contributed by atoms with van der Waals surface area (Å²) < 4.78 is 15.5. The van der Waals surface area contributed by atoms with E-state index in [1.165, 1.54) is 40.1 Å². The Balaban J connectivity index is 1.68. The topological polar surface area (TPSA) is 78.0 Å². The lowest BCUT2D eigenvalue weighted by Gasteiger charge is -2.58. The maximum atomic E-state index is 15.5. The van der Waals surface area contributed by atoms with Crippen LogP contribution in [0.3, 0.4) is 0 Å². The molecule has 0 radical (unpaired) electrons. The van der Waals surface area contributed by atoms with E-state index in [1.807, 2.05) is 0 Å². The largest absolute Gasteiger partial charge is 0.315 e. The van der Waals surface area contributed by atoms with Gasteiger partial charge in [-0.2, -0.15) is 0 Å². The summed E-state index contributed by atoms with van der Waals surface area (Å²) in [5.41, 5.74) is -0.506. The van der Waals surface area contributed by atoms with Crippen molar-refractivity contribution in [3.63, 3.8) is 0 Å². The molecular weight excluding hydrogens is 473 g/mol.